The maximum Gasteiger partial charge on any atom is -1.00 e. The minimum absolute atomic E-state index is 0. The smallest absolute Gasteiger partial charge is 1.00 e. The average Bonchev–Trinajstić information content (AvgIpc) is 2.85. The third kappa shape index (κ3) is 50.6. The summed E-state index contributed by atoms with van der Waals surface area (Å²) in [6.45, 7) is 42.0. The fourth-order valence-electron chi connectivity index (χ4n) is 2.64. The second-order valence-electron chi connectivity index (χ2n) is 5.65. The molecule has 0 spiro atoms. The first-order chi connectivity index (χ1) is 14.2. The SMILES string of the molecule is CCCC[N+](CCCC)(CCCC)CCCC.[C-]#[O+].[C-]#[O+].[C-]#[O+].[C-]#[O+].[C-]#[O+].[C-]#[O+].[Nb-]. The Bertz CT molecular complexity index is 291. The zero-order valence-corrected chi connectivity index (χ0v) is 21.0. The van der Waals surface area contributed by atoms with Crippen molar-refractivity contribution in [3.05, 3.63) is 39.9 Å². The zero-order valence-electron chi connectivity index (χ0n) is 18.8. The molecule has 0 bridgehead atoms. The standard InChI is InChI=1S/C16H36N.6CO.Nb/c1-5-9-13-17(14-10-6-2,15-11-7-3)16-12-8-4;6*1-2;/h5-16H2,1-4H3;;;;;;;/q+1;;;;;;;-1. The van der Waals surface area contributed by atoms with Crippen molar-refractivity contribution < 1.29 is 54.8 Å². The molecule has 0 amide bonds. The van der Waals surface area contributed by atoms with E-state index in [-0.39, 0.29) is 22.4 Å². The van der Waals surface area contributed by atoms with Gasteiger partial charge >= 0.3 is 67.8 Å². The van der Waals surface area contributed by atoms with E-state index >= 15 is 0 Å². The normalized spacial score (nSPS) is 7.20. The zero-order chi connectivity index (χ0) is 25.0. The predicted octanol–water partition coefficient (Wildman–Crippen LogP) is 4.78. The number of hydrogen-bond acceptors (Lipinski definition) is 0. The number of rotatable bonds is 12. The fourth-order valence-corrected chi connectivity index (χ4v) is 2.64. The van der Waals surface area contributed by atoms with Crippen molar-refractivity contribution in [2.24, 2.45) is 0 Å². The van der Waals surface area contributed by atoms with Crippen LogP contribution >= 0.6 is 0 Å². The Morgan fingerprint density at radius 1 is 0.400 bits per heavy atom. The van der Waals surface area contributed by atoms with Gasteiger partial charge in [0, 0.05) is 0 Å². The molecule has 0 rings (SSSR count). The van der Waals surface area contributed by atoms with Gasteiger partial charge in [0.15, 0.2) is 0 Å². The van der Waals surface area contributed by atoms with Gasteiger partial charge < -0.3 is 26.9 Å². The van der Waals surface area contributed by atoms with Crippen LogP contribution in [0.25, 0.3) is 0 Å². The Hall–Kier alpha value is -0.860. The molecule has 0 aliphatic rings. The van der Waals surface area contributed by atoms with Gasteiger partial charge in [0.05, 0.1) is 26.2 Å². The van der Waals surface area contributed by atoms with Crippen LogP contribution in [-0.2, 0) is 50.3 Å². The van der Waals surface area contributed by atoms with E-state index in [2.05, 4.69) is 67.6 Å². The monoisotopic (exact) mass is 503 g/mol. The molecule has 0 aliphatic heterocycles. The Labute approximate surface area is 199 Å². The van der Waals surface area contributed by atoms with Crippen LogP contribution in [0, 0.1) is 39.9 Å². The van der Waals surface area contributed by atoms with Crippen LogP contribution in [0.2, 0.25) is 0 Å². The van der Waals surface area contributed by atoms with Crippen molar-refractivity contribution in [2.45, 2.75) is 79.1 Å². The van der Waals surface area contributed by atoms with Gasteiger partial charge in [-0.2, -0.15) is 0 Å². The molecule has 0 heterocycles. The van der Waals surface area contributed by atoms with Gasteiger partial charge in [0.25, 0.3) is 0 Å². The van der Waals surface area contributed by atoms with E-state index in [0.29, 0.717) is 0 Å². The average molecular weight is 503 g/mol. The van der Waals surface area contributed by atoms with E-state index in [9.17, 15) is 0 Å². The summed E-state index contributed by atoms with van der Waals surface area (Å²) in [4.78, 5) is 0. The molecular weight excluding hydrogens is 467 g/mol. The molecule has 0 fully saturated rings. The summed E-state index contributed by atoms with van der Waals surface area (Å²) >= 11 is 0. The molecule has 8 heteroatoms. The molecule has 0 atom stereocenters. The van der Waals surface area contributed by atoms with E-state index in [1.165, 1.54) is 82.0 Å². The largest absolute Gasteiger partial charge is 1.00 e. The minimum atomic E-state index is 0. The van der Waals surface area contributed by atoms with Crippen molar-refractivity contribution >= 4 is 0 Å². The Kier molecular flexibility index (Phi) is 121. The van der Waals surface area contributed by atoms with Crippen molar-refractivity contribution in [1.82, 2.24) is 0 Å². The number of nitrogens with zero attached hydrogens (tertiary/aromatic N) is 1. The summed E-state index contributed by atoms with van der Waals surface area (Å²) < 4.78 is 46.4. The molecule has 0 N–H and O–H groups in total. The molecule has 0 unspecified atom stereocenters. The Morgan fingerprint density at radius 3 is 0.633 bits per heavy atom. The molecule has 0 saturated carbocycles. The van der Waals surface area contributed by atoms with Gasteiger partial charge in [-0.25, -0.2) is 0 Å². The maximum atomic E-state index is 7.50. The van der Waals surface area contributed by atoms with Crippen LogP contribution in [0.1, 0.15) is 79.1 Å². The molecule has 170 valence electrons. The van der Waals surface area contributed by atoms with Crippen LogP contribution < -0.4 is 0 Å². The first-order valence-corrected chi connectivity index (χ1v) is 9.32. The van der Waals surface area contributed by atoms with Crippen LogP contribution in [0.5, 0.6) is 0 Å². The third-order valence-electron chi connectivity index (χ3n) is 3.94. The van der Waals surface area contributed by atoms with Crippen molar-refractivity contribution in [3.63, 3.8) is 0 Å². The molecule has 0 aliphatic carbocycles. The van der Waals surface area contributed by atoms with E-state index in [0.717, 1.165) is 0 Å². The molecule has 7 nitrogen and oxygen atoms in total. The molecule has 0 saturated heterocycles. The minimum Gasteiger partial charge on any atom is -1.00 e. The summed E-state index contributed by atoms with van der Waals surface area (Å²) in [5.41, 5.74) is 0. The molecule has 0 aromatic carbocycles. The van der Waals surface area contributed by atoms with Crippen molar-refractivity contribution in [1.29, 1.82) is 0 Å². The summed E-state index contributed by atoms with van der Waals surface area (Å²) in [6, 6.07) is 0. The third-order valence-corrected chi connectivity index (χ3v) is 3.94. The van der Waals surface area contributed by atoms with Gasteiger partial charge in [0.2, 0.25) is 0 Å². The van der Waals surface area contributed by atoms with Gasteiger partial charge in [-0.3, -0.25) is 0 Å². The van der Waals surface area contributed by atoms with Gasteiger partial charge in [0.1, 0.15) is 0 Å². The fraction of sp³-hybridized carbons (Fsp3) is 0.727. The number of hydrogen-bond donors (Lipinski definition) is 0. The van der Waals surface area contributed by atoms with Gasteiger partial charge in [-0.1, -0.05) is 53.4 Å². The molecule has 0 aromatic rings. The van der Waals surface area contributed by atoms with E-state index in [4.69, 9.17) is 27.9 Å². The Balaban J connectivity index is -0.0000000530. The number of quaternary nitrogens is 1. The molecular formula is C22H36NNbO6. The topological polar surface area (TPSA) is 119 Å². The Morgan fingerprint density at radius 2 is 0.533 bits per heavy atom. The van der Waals surface area contributed by atoms with Gasteiger partial charge in [-0.15, -0.1) is 0 Å². The van der Waals surface area contributed by atoms with Crippen LogP contribution in [0.15, 0.2) is 0 Å². The summed E-state index contributed by atoms with van der Waals surface area (Å²) in [5, 5.41) is 0. The van der Waals surface area contributed by atoms with Crippen molar-refractivity contribution in [3.8, 4) is 0 Å². The summed E-state index contributed by atoms with van der Waals surface area (Å²) in [5.74, 6) is 0. The molecule has 0 aromatic heterocycles. The number of unbranched alkanes of at least 4 members (excludes halogenated alkanes) is 4. The first kappa shape index (κ1) is 51.6. The summed E-state index contributed by atoms with van der Waals surface area (Å²) in [6.07, 6.45) is 11.1. The van der Waals surface area contributed by atoms with Crippen LogP contribution in [-0.4, -0.2) is 30.7 Å². The van der Waals surface area contributed by atoms with E-state index in [1.54, 1.807) is 0 Å². The second kappa shape index (κ2) is 70.6. The van der Waals surface area contributed by atoms with E-state index in [1.807, 2.05) is 0 Å². The molecule has 30 heavy (non-hydrogen) atoms. The molecule has 0 radical (unpaired) electrons. The second-order valence-corrected chi connectivity index (χ2v) is 5.65. The maximum absolute atomic E-state index is 7.50. The predicted molar refractivity (Wildman–Crippen MR) is 103 cm³/mol. The van der Waals surface area contributed by atoms with E-state index < -0.39 is 0 Å². The van der Waals surface area contributed by atoms with Crippen molar-refractivity contribution in [2.75, 3.05) is 26.2 Å². The first-order valence-electron chi connectivity index (χ1n) is 9.32. The summed E-state index contributed by atoms with van der Waals surface area (Å²) in [7, 11) is 0. The van der Waals surface area contributed by atoms with Gasteiger partial charge in [-0.05, 0) is 25.7 Å². The van der Waals surface area contributed by atoms with Crippen LogP contribution in [0.3, 0.4) is 0 Å². The van der Waals surface area contributed by atoms with Crippen LogP contribution in [0.4, 0.5) is 0 Å². The quantitative estimate of drug-likeness (QED) is 0.158.